The van der Waals surface area contributed by atoms with E-state index < -0.39 is 0 Å². The second-order valence-electron chi connectivity index (χ2n) is 6.00. The molecule has 0 aliphatic carbocycles. The van der Waals surface area contributed by atoms with E-state index >= 15 is 0 Å². The predicted octanol–water partition coefficient (Wildman–Crippen LogP) is 3.72. The molecule has 0 radical (unpaired) electrons. The van der Waals surface area contributed by atoms with Crippen LogP contribution in [0, 0.1) is 6.92 Å². The van der Waals surface area contributed by atoms with Crippen LogP contribution in [0.1, 0.15) is 51.4 Å². The van der Waals surface area contributed by atoms with E-state index in [2.05, 4.69) is 10.3 Å². The molecule has 0 unspecified atom stereocenters. The Hall–Kier alpha value is -2.21. The van der Waals surface area contributed by atoms with E-state index in [1.165, 1.54) is 24.2 Å². The number of nitrogens with zero attached hydrogens (tertiary/aromatic N) is 2. The number of hydrogen-bond donors (Lipinski definition) is 1. The third kappa shape index (κ3) is 3.82. The maximum absolute atomic E-state index is 12.5. The number of carbonyl (C=O) groups is 2. The van der Waals surface area contributed by atoms with Crippen LogP contribution in [0.5, 0.6) is 0 Å². The number of aromatic nitrogens is 1. The minimum Gasteiger partial charge on any atom is -0.339 e. The molecule has 2 heterocycles. The SMILES string of the molecule is Cc1ncsc1C(=O)Nc1ccc(C(=O)N2CCCCCC2)cc1. The molecule has 6 heteroatoms. The predicted molar refractivity (Wildman–Crippen MR) is 95.6 cm³/mol. The molecule has 2 aromatic rings. The highest BCUT2D eigenvalue weighted by Gasteiger charge is 2.17. The number of benzene rings is 1. The normalized spacial score (nSPS) is 15.0. The monoisotopic (exact) mass is 343 g/mol. The lowest BCUT2D eigenvalue weighted by Crippen LogP contribution is -2.31. The van der Waals surface area contributed by atoms with Crippen molar-refractivity contribution >= 4 is 28.8 Å². The molecule has 0 bridgehead atoms. The Bertz CT molecular complexity index is 716. The average Bonchev–Trinajstić information content (AvgIpc) is 2.85. The molecule has 126 valence electrons. The first-order valence-corrected chi connectivity index (χ1v) is 9.14. The van der Waals surface area contributed by atoms with Gasteiger partial charge in [0.25, 0.3) is 11.8 Å². The number of likely N-dealkylation sites (tertiary alicyclic amines) is 1. The van der Waals surface area contributed by atoms with Crippen LogP contribution in [0.2, 0.25) is 0 Å². The molecule has 5 nitrogen and oxygen atoms in total. The number of anilines is 1. The van der Waals surface area contributed by atoms with Crippen LogP contribution >= 0.6 is 11.3 Å². The molecule has 0 saturated carbocycles. The van der Waals surface area contributed by atoms with Crippen LogP contribution in [-0.4, -0.2) is 34.8 Å². The summed E-state index contributed by atoms with van der Waals surface area (Å²) >= 11 is 1.32. The minimum atomic E-state index is -0.165. The fourth-order valence-electron chi connectivity index (χ4n) is 2.86. The molecular weight excluding hydrogens is 322 g/mol. The number of rotatable bonds is 3. The molecule has 2 amide bonds. The Morgan fingerprint density at radius 3 is 2.33 bits per heavy atom. The van der Waals surface area contributed by atoms with Gasteiger partial charge < -0.3 is 10.2 Å². The number of aryl methyl sites for hydroxylation is 1. The molecule has 1 saturated heterocycles. The fraction of sp³-hybridized carbons (Fsp3) is 0.389. The lowest BCUT2D eigenvalue weighted by Gasteiger charge is -2.20. The second-order valence-corrected chi connectivity index (χ2v) is 6.86. The Morgan fingerprint density at radius 1 is 1.08 bits per heavy atom. The Morgan fingerprint density at radius 2 is 1.75 bits per heavy atom. The number of nitrogens with one attached hydrogen (secondary N) is 1. The molecule has 1 N–H and O–H groups in total. The van der Waals surface area contributed by atoms with Crippen LogP contribution in [0.3, 0.4) is 0 Å². The van der Waals surface area contributed by atoms with Gasteiger partial charge in [-0.25, -0.2) is 4.98 Å². The molecule has 1 aromatic heterocycles. The first-order valence-electron chi connectivity index (χ1n) is 8.26. The van der Waals surface area contributed by atoms with Gasteiger partial charge in [0.05, 0.1) is 11.2 Å². The minimum absolute atomic E-state index is 0.0769. The van der Waals surface area contributed by atoms with E-state index in [1.54, 1.807) is 29.8 Å². The van der Waals surface area contributed by atoms with Gasteiger partial charge in [-0.05, 0) is 44.0 Å². The molecule has 0 spiro atoms. The Labute approximate surface area is 145 Å². The van der Waals surface area contributed by atoms with Gasteiger partial charge in [-0.3, -0.25) is 9.59 Å². The summed E-state index contributed by atoms with van der Waals surface area (Å²) in [5, 5.41) is 2.85. The van der Waals surface area contributed by atoms with Gasteiger partial charge in [-0.1, -0.05) is 12.8 Å². The van der Waals surface area contributed by atoms with Crippen molar-refractivity contribution in [2.24, 2.45) is 0 Å². The van der Waals surface area contributed by atoms with Crippen molar-refractivity contribution in [3.8, 4) is 0 Å². The smallest absolute Gasteiger partial charge is 0.267 e. The first kappa shape index (κ1) is 16.6. The summed E-state index contributed by atoms with van der Waals surface area (Å²) in [7, 11) is 0. The van der Waals surface area contributed by atoms with Gasteiger partial charge in [-0.2, -0.15) is 0 Å². The summed E-state index contributed by atoms with van der Waals surface area (Å²) in [6, 6.07) is 7.11. The van der Waals surface area contributed by atoms with Crippen molar-refractivity contribution in [2.45, 2.75) is 32.6 Å². The third-order valence-electron chi connectivity index (χ3n) is 4.23. The third-order valence-corrected chi connectivity index (χ3v) is 5.16. The van der Waals surface area contributed by atoms with Crippen LogP contribution in [0.25, 0.3) is 0 Å². The summed E-state index contributed by atoms with van der Waals surface area (Å²) in [5.74, 6) is -0.0883. The van der Waals surface area contributed by atoms with Gasteiger partial charge in [0.15, 0.2) is 0 Å². The van der Waals surface area contributed by atoms with Crippen molar-refractivity contribution in [3.05, 3.63) is 45.9 Å². The lowest BCUT2D eigenvalue weighted by molar-refractivity contribution is 0.0761. The van der Waals surface area contributed by atoms with Gasteiger partial charge in [0, 0.05) is 24.3 Å². The molecule has 1 aromatic carbocycles. The van der Waals surface area contributed by atoms with Crippen LogP contribution in [0.4, 0.5) is 5.69 Å². The Balaban J connectivity index is 1.65. The van der Waals surface area contributed by atoms with Crippen molar-refractivity contribution in [2.75, 3.05) is 18.4 Å². The molecule has 1 aliphatic rings. The summed E-state index contributed by atoms with van der Waals surface area (Å²) in [5.41, 5.74) is 3.74. The van der Waals surface area contributed by atoms with E-state index in [4.69, 9.17) is 0 Å². The van der Waals surface area contributed by atoms with Crippen molar-refractivity contribution in [1.82, 2.24) is 9.88 Å². The first-order chi connectivity index (χ1) is 11.6. The lowest BCUT2D eigenvalue weighted by atomic mass is 10.1. The van der Waals surface area contributed by atoms with E-state index in [0.29, 0.717) is 16.1 Å². The van der Waals surface area contributed by atoms with Gasteiger partial charge >= 0.3 is 0 Å². The number of amides is 2. The van der Waals surface area contributed by atoms with Crippen LogP contribution in [-0.2, 0) is 0 Å². The standard InChI is InChI=1S/C18H21N3O2S/c1-13-16(24-12-19-13)17(22)20-15-8-6-14(7-9-15)18(23)21-10-4-2-3-5-11-21/h6-9,12H,2-5,10-11H2,1H3,(H,20,22). The average molecular weight is 343 g/mol. The topological polar surface area (TPSA) is 62.3 Å². The summed E-state index contributed by atoms with van der Waals surface area (Å²) in [4.78, 5) is 31.4. The van der Waals surface area contributed by atoms with Crippen LogP contribution in [0.15, 0.2) is 29.8 Å². The summed E-state index contributed by atoms with van der Waals surface area (Å²) in [6.07, 6.45) is 4.56. The van der Waals surface area contributed by atoms with Crippen molar-refractivity contribution in [3.63, 3.8) is 0 Å². The number of hydrogen-bond acceptors (Lipinski definition) is 4. The maximum atomic E-state index is 12.5. The molecular formula is C18H21N3O2S. The highest BCUT2D eigenvalue weighted by Crippen LogP contribution is 2.18. The number of carbonyl (C=O) groups excluding carboxylic acids is 2. The highest BCUT2D eigenvalue weighted by atomic mass is 32.1. The van der Waals surface area contributed by atoms with Crippen LogP contribution < -0.4 is 5.32 Å². The number of thiazole rings is 1. The molecule has 0 atom stereocenters. The summed E-state index contributed by atoms with van der Waals surface area (Å²) in [6.45, 7) is 3.48. The van der Waals surface area contributed by atoms with Crippen molar-refractivity contribution < 1.29 is 9.59 Å². The Kier molecular flexibility index (Phi) is 5.25. The largest absolute Gasteiger partial charge is 0.339 e. The maximum Gasteiger partial charge on any atom is 0.267 e. The molecule has 1 fully saturated rings. The van der Waals surface area contributed by atoms with E-state index in [0.717, 1.165) is 31.6 Å². The van der Waals surface area contributed by atoms with Gasteiger partial charge in [0.2, 0.25) is 0 Å². The highest BCUT2D eigenvalue weighted by molar-refractivity contribution is 7.12. The van der Waals surface area contributed by atoms with Gasteiger partial charge in [-0.15, -0.1) is 11.3 Å². The van der Waals surface area contributed by atoms with E-state index in [1.807, 2.05) is 11.8 Å². The zero-order valence-corrected chi connectivity index (χ0v) is 14.6. The zero-order chi connectivity index (χ0) is 16.9. The second kappa shape index (κ2) is 7.57. The fourth-order valence-corrected chi connectivity index (χ4v) is 3.56. The molecule has 1 aliphatic heterocycles. The molecule has 24 heavy (non-hydrogen) atoms. The van der Waals surface area contributed by atoms with Gasteiger partial charge in [0.1, 0.15) is 4.88 Å². The zero-order valence-electron chi connectivity index (χ0n) is 13.7. The van der Waals surface area contributed by atoms with E-state index in [-0.39, 0.29) is 11.8 Å². The quantitative estimate of drug-likeness (QED) is 0.924. The summed E-state index contributed by atoms with van der Waals surface area (Å²) < 4.78 is 0. The molecule has 3 rings (SSSR count). The van der Waals surface area contributed by atoms with E-state index in [9.17, 15) is 9.59 Å². The van der Waals surface area contributed by atoms with Crippen molar-refractivity contribution in [1.29, 1.82) is 0 Å².